The zero-order chi connectivity index (χ0) is 18.4. The first-order valence-electron chi connectivity index (χ1n) is 7.70. The number of carbonyl (C=O) groups excluding carboxylic acids is 3. The molecule has 0 aliphatic heterocycles. The smallest absolute Gasteiger partial charge is 0.348 e. The second-order valence-electron chi connectivity index (χ2n) is 5.18. The molecule has 0 aliphatic rings. The molecule has 0 atom stereocenters. The number of hydrogen-bond acceptors (Lipinski definition) is 6. The van der Waals surface area contributed by atoms with Crippen molar-refractivity contribution in [2.24, 2.45) is 0 Å². The largest absolute Gasteiger partial charge is 0.465 e. The molecule has 1 aromatic carbocycles. The lowest BCUT2D eigenvalue weighted by Gasteiger charge is -2.06. The molecule has 0 saturated heterocycles. The summed E-state index contributed by atoms with van der Waals surface area (Å²) in [7, 11) is 1.25. The van der Waals surface area contributed by atoms with Crippen molar-refractivity contribution >= 4 is 34.2 Å². The van der Waals surface area contributed by atoms with Crippen LogP contribution in [0.15, 0.2) is 30.3 Å². The Balaban J connectivity index is 2.29. The Hall–Kier alpha value is -2.67. The van der Waals surface area contributed by atoms with Crippen LogP contribution in [0.3, 0.4) is 0 Å². The summed E-state index contributed by atoms with van der Waals surface area (Å²) in [5, 5.41) is 2.99. The van der Waals surface area contributed by atoms with Crippen LogP contribution in [0.25, 0.3) is 0 Å². The Kier molecular flexibility index (Phi) is 6.30. The van der Waals surface area contributed by atoms with Crippen LogP contribution < -0.4 is 5.32 Å². The van der Waals surface area contributed by atoms with E-state index < -0.39 is 11.9 Å². The molecule has 1 amide bonds. The van der Waals surface area contributed by atoms with Crippen LogP contribution in [-0.2, 0) is 20.7 Å². The van der Waals surface area contributed by atoms with E-state index in [9.17, 15) is 14.4 Å². The number of hydrogen-bond donors (Lipinski definition) is 1. The number of ether oxygens (including phenoxy) is 2. The molecule has 1 aromatic heterocycles. The van der Waals surface area contributed by atoms with Gasteiger partial charge in [0.25, 0.3) is 0 Å². The van der Waals surface area contributed by atoms with Gasteiger partial charge >= 0.3 is 11.9 Å². The van der Waals surface area contributed by atoms with Gasteiger partial charge in [-0.1, -0.05) is 30.3 Å². The first kappa shape index (κ1) is 18.7. The summed E-state index contributed by atoms with van der Waals surface area (Å²) >= 11 is 1.01. The minimum Gasteiger partial charge on any atom is -0.465 e. The highest BCUT2D eigenvalue weighted by Crippen LogP contribution is 2.34. The first-order valence-corrected chi connectivity index (χ1v) is 8.52. The van der Waals surface area contributed by atoms with Crippen molar-refractivity contribution in [3.8, 4) is 0 Å². The molecule has 0 fully saturated rings. The van der Waals surface area contributed by atoms with Gasteiger partial charge in [-0.3, -0.25) is 4.79 Å². The van der Waals surface area contributed by atoms with E-state index in [0.29, 0.717) is 5.56 Å². The van der Waals surface area contributed by atoms with Gasteiger partial charge in [-0.05, 0) is 25.0 Å². The number of benzene rings is 1. The van der Waals surface area contributed by atoms with Gasteiger partial charge in [0.1, 0.15) is 9.88 Å². The summed E-state index contributed by atoms with van der Waals surface area (Å²) in [4.78, 5) is 36.7. The first-order chi connectivity index (χ1) is 12.0. The van der Waals surface area contributed by atoms with E-state index in [1.165, 1.54) is 7.11 Å². The maximum atomic E-state index is 12.3. The topological polar surface area (TPSA) is 81.7 Å². The predicted molar refractivity (Wildman–Crippen MR) is 95.1 cm³/mol. The van der Waals surface area contributed by atoms with E-state index >= 15 is 0 Å². The van der Waals surface area contributed by atoms with Crippen LogP contribution in [0.1, 0.15) is 38.1 Å². The fourth-order valence-electron chi connectivity index (χ4n) is 2.29. The zero-order valence-corrected chi connectivity index (χ0v) is 15.1. The normalized spacial score (nSPS) is 10.2. The lowest BCUT2D eigenvalue weighted by atomic mass is 10.1. The van der Waals surface area contributed by atoms with Crippen molar-refractivity contribution in [1.29, 1.82) is 0 Å². The Bertz CT molecular complexity index is 782. The molecule has 6 nitrogen and oxygen atoms in total. The molecule has 0 spiro atoms. The van der Waals surface area contributed by atoms with Crippen LogP contribution in [0.4, 0.5) is 5.00 Å². The predicted octanol–water partition coefficient (Wildman–Crippen LogP) is 3.20. The van der Waals surface area contributed by atoms with Gasteiger partial charge in [-0.2, -0.15) is 0 Å². The molecule has 25 heavy (non-hydrogen) atoms. The third-order valence-corrected chi connectivity index (χ3v) is 4.64. The number of thiophene rings is 1. The van der Waals surface area contributed by atoms with Gasteiger partial charge in [0.15, 0.2) is 0 Å². The Morgan fingerprint density at radius 3 is 2.40 bits per heavy atom. The quantitative estimate of drug-likeness (QED) is 0.799. The fourth-order valence-corrected chi connectivity index (χ4v) is 3.40. The Labute approximate surface area is 149 Å². The summed E-state index contributed by atoms with van der Waals surface area (Å²) in [5.41, 5.74) is 1.46. The minimum absolute atomic E-state index is 0.160. The van der Waals surface area contributed by atoms with Crippen molar-refractivity contribution in [3.63, 3.8) is 0 Å². The van der Waals surface area contributed by atoms with Crippen LogP contribution in [-0.4, -0.2) is 31.6 Å². The van der Waals surface area contributed by atoms with E-state index in [1.54, 1.807) is 13.8 Å². The molecule has 0 radical (unpaired) electrons. The number of anilines is 1. The Morgan fingerprint density at radius 1 is 1.12 bits per heavy atom. The average molecular weight is 361 g/mol. The van der Waals surface area contributed by atoms with Gasteiger partial charge < -0.3 is 14.8 Å². The van der Waals surface area contributed by atoms with Gasteiger partial charge in [0, 0.05) is 0 Å². The molecule has 0 bridgehead atoms. The van der Waals surface area contributed by atoms with Crippen LogP contribution >= 0.6 is 11.3 Å². The average Bonchev–Trinajstić information content (AvgIpc) is 2.91. The molecular weight excluding hydrogens is 342 g/mol. The van der Waals surface area contributed by atoms with E-state index in [2.05, 4.69) is 5.32 Å². The Morgan fingerprint density at radius 2 is 1.80 bits per heavy atom. The molecule has 7 heteroatoms. The van der Waals surface area contributed by atoms with Crippen LogP contribution in [0.2, 0.25) is 0 Å². The molecular formula is C18H19NO5S. The SMILES string of the molecule is CCOC(=O)c1sc(NC(=O)Cc2ccccc2)c(C(=O)OC)c1C. The fraction of sp³-hybridized carbons (Fsp3) is 0.278. The standard InChI is InChI=1S/C18H19NO5S/c1-4-24-18(22)15-11(2)14(17(21)23-3)16(25-15)19-13(20)10-12-8-6-5-7-9-12/h5-9H,4,10H2,1-3H3,(H,19,20). The van der Waals surface area contributed by atoms with E-state index in [0.717, 1.165) is 16.9 Å². The molecule has 0 aliphatic carbocycles. The number of esters is 2. The molecule has 2 rings (SSSR count). The second kappa shape index (κ2) is 8.43. The summed E-state index contributed by atoms with van der Waals surface area (Å²) in [6.45, 7) is 3.55. The molecule has 0 saturated carbocycles. The maximum absolute atomic E-state index is 12.3. The van der Waals surface area contributed by atoms with Gasteiger partial charge in [-0.15, -0.1) is 11.3 Å². The van der Waals surface area contributed by atoms with E-state index in [1.807, 2.05) is 30.3 Å². The molecule has 1 N–H and O–H groups in total. The van der Waals surface area contributed by atoms with Crippen molar-refractivity contribution in [1.82, 2.24) is 0 Å². The molecule has 0 unspecified atom stereocenters. The maximum Gasteiger partial charge on any atom is 0.348 e. The lowest BCUT2D eigenvalue weighted by Crippen LogP contribution is -2.16. The van der Waals surface area contributed by atoms with Crippen LogP contribution in [0, 0.1) is 6.92 Å². The van der Waals surface area contributed by atoms with Gasteiger partial charge in [0.05, 0.1) is 25.7 Å². The number of amides is 1. The number of nitrogens with one attached hydrogen (secondary N) is 1. The molecule has 132 valence electrons. The highest BCUT2D eigenvalue weighted by atomic mass is 32.1. The lowest BCUT2D eigenvalue weighted by molar-refractivity contribution is -0.115. The van der Waals surface area contributed by atoms with Gasteiger partial charge in [0.2, 0.25) is 5.91 Å². The number of methoxy groups -OCH3 is 1. The minimum atomic E-state index is -0.612. The van der Waals surface area contributed by atoms with Gasteiger partial charge in [-0.25, -0.2) is 9.59 Å². The molecule has 2 aromatic rings. The van der Waals surface area contributed by atoms with E-state index in [-0.39, 0.29) is 34.4 Å². The second-order valence-corrected chi connectivity index (χ2v) is 6.20. The summed E-state index contributed by atoms with van der Waals surface area (Å²) in [6.07, 6.45) is 0.160. The summed E-state index contributed by atoms with van der Waals surface area (Å²) in [6, 6.07) is 9.23. The molecule has 1 heterocycles. The zero-order valence-electron chi connectivity index (χ0n) is 14.3. The van der Waals surface area contributed by atoms with Crippen molar-refractivity contribution in [2.45, 2.75) is 20.3 Å². The summed E-state index contributed by atoms with van der Waals surface area (Å²) in [5.74, 6) is -1.42. The van der Waals surface area contributed by atoms with Crippen molar-refractivity contribution < 1.29 is 23.9 Å². The number of carbonyl (C=O) groups is 3. The monoisotopic (exact) mass is 361 g/mol. The third kappa shape index (κ3) is 4.45. The number of rotatable bonds is 6. The van der Waals surface area contributed by atoms with Crippen molar-refractivity contribution in [3.05, 3.63) is 51.9 Å². The van der Waals surface area contributed by atoms with Crippen molar-refractivity contribution in [2.75, 3.05) is 19.0 Å². The third-order valence-electron chi connectivity index (χ3n) is 3.46. The highest BCUT2D eigenvalue weighted by molar-refractivity contribution is 7.18. The van der Waals surface area contributed by atoms with E-state index in [4.69, 9.17) is 9.47 Å². The highest BCUT2D eigenvalue weighted by Gasteiger charge is 2.26. The van der Waals surface area contributed by atoms with Crippen LogP contribution in [0.5, 0.6) is 0 Å². The summed E-state index contributed by atoms with van der Waals surface area (Å²) < 4.78 is 9.77.